The van der Waals surface area contributed by atoms with Gasteiger partial charge in [-0.3, -0.25) is 4.79 Å². The minimum atomic E-state index is -4.13. The standard InChI is InChI=1S/C19H24ClN5O6S/c20-15-7-6-14(11-16(15)21)32(28,29)25-17(18(26)27)10-12-2-4-13(5-3-12)30-8-1-9-31-24-19(22)23/h2-7,11,17,25H,1,8-10,21H2,(H,26,27)(H4,22,23,24)/t17-/m0/s1. The van der Waals surface area contributed by atoms with Crippen LogP contribution in [0, 0.1) is 0 Å². The van der Waals surface area contributed by atoms with E-state index in [9.17, 15) is 18.3 Å². The summed E-state index contributed by atoms with van der Waals surface area (Å²) in [6, 6.07) is 8.95. The van der Waals surface area contributed by atoms with Gasteiger partial charge in [-0.1, -0.05) is 23.7 Å². The molecular formula is C19H24ClN5O6S. The normalized spacial score (nSPS) is 12.0. The van der Waals surface area contributed by atoms with Crippen LogP contribution in [0.15, 0.2) is 52.5 Å². The molecule has 8 N–H and O–H groups in total. The molecule has 13 heteroatoms. The monoisotopic (exact) mass is 485 g/mol. The average molecular weight is 486 g/mol. The third kappa shape index (κ3) is 7.80. The predicted octanol–water partition coefficient (Wildman–Crippen LogP) is 0.870. The van der Waals surface area contributed by atoms with Gasteiger partial charge in [-0.05, 0) is 47.5 Å². The molecule has 0 aliphatic carbocycles. The summed E-state index contributed by atoms with van der Waals surface area (Å²) in [7, 11) is -4.13. The highest BCUT2D eigenvalue weighted by Gasteiger charge is 2.26. The Labute approximate surface area is 190 Å². The van der Waals surface area contributed by atoms with Crippen molar-refractivity contribution in [3.8, 4) is 5.75 Å². The minimum absolute atomic E-state index is 0.0693. The second kappa shape index (κ2) is 11.4. The molecule has 32 heavy (non-hydrogen) atoms. The fraction of sp³-hybridized carbons (Fsp3) is 0.263. The lowest BCUT2D eigenvalue weighted by molar-refractivity contribution is -0.138. The van der Waals surface area contributed by atoms with Crippen LogP contribution in [0.4, 0.5) is 5.69 Å². The largest absolute Gasteiger partial charge is 0.493 e. The van der Waals surface area contributed by atoms with Crippen LogP contribution in [0.2, 0.25) is 5.02 Å². The molecule has 1 atom stereocenters. The number of carboxylic acid groups (broad SMARTS) is 1. The molecule has 0 unspecified atom stereocenters. The maximum absolute atomic E-state index is 12.6. The van der Waals surface area contributed by atoms with Crippen molar-refractivity contribution in [2.24, 2.45) is 16.6 Å². The molecule has 2 rings (SSSR count). The maximum Gasteiger partial charge on any atom is 0.322 e. The number of anilines is 1. The second-order valence-corrected chi connectivity index (χ2v) is 8.72. The summed E-state index contributed by atoms with van der Waals surface area (Å²) in [5.41, 5.74) is 16.6. The van der Waals surface area contributed by atoms with Gasteiger partial charge in [0.05, 0.1) is 22.2 Å². The molecule has 0 amide bonds. The number of nitrogen functional groups attached to an aromatic ring is 1. The molecule has 0 aliphatic rings. The number of oxime groups is 1. The average Bonchev–Trinajstić information content (AvgIpc) is 2.72. The van der Waals surface area contributed by atoms with Crippen LogP contribution in [0.25, 0.3) is 0 Å². The predicted molar refractivity (Wildman–Crippen MR) is 120 cm³/mol. The number of hydrogen-bond acceptors (Lipinski definition) is 7. The third-order valence-corrected chi connectivity index (χ3v) is 5.87. The van der Waals surface area contributed by atoms with Gasteiger partial charge in [-0.15, -0.1) is 0 Å². The van der Waals surface area contributed by atoms with Gasteiger partial charge in [0.1, 0.15) is 18.4 Å². The van der Waals surface area contributed by atoms with E-state index in [1.165, 1.54) is 12.1 Å². The number of nitrogens with two attached hydrogens (primary N) is 3. The molecule has 0 aromatic heterocycles. The quantitative estimate of drug-likeness (QED) is 0.0952. The molecule has 11 nitrogen and oxygen atoms in total. The smallest absolute Gasteiger partial charge is 0.322 e. The van der Waals surface area contributed by atoms with Gasteiger partial charge in [-0.2, -0.15) is 4.72 Å². The molecule has 2 aromatic carbocycles. The molecule has 0 radical (unpaired) electrons. The summed E-state index contributed by atoms with van der Waals surface area (Å²) < 4.78 is 32.8. The van der Waals surface area contributed by atoms with Crippen LogP contribution < -0.4 is 26.7 Å². The molecule has 2 aromatic rings. The molecule has 0 fully saturated rings. The van der Waals surface area contributed by atoms with Gasteiger partial charge in [0, 0.05) is 6.42 Å². The maximum atomic E-state index is 12.6. The zero-order valence-electron chi connectivity index (χ0n) is 16.9. The number of nitrogens with one attached hydrogen (secondary N) is 1. The summed E-state index contributed by atoms with van der Waals surface area (Å²) in [5, 5.41) is 13.1. The number of carboxylic acids is 1. The van der Waals surface area contributed by atoms with E-state index < -0.39 is 22.0 Å². The molecule has 174 valence electrons. The fourth-order valence-corrected chi connectivity index (χ4v) is 3.86. The van der Waals surface area contributed by atoms with Crippen molar-refractivity contribution in [3.05, 3.63) is 53.1 Å². The summed E-state index contributed by atoms with van der Waals surface area (Å²) >= 11 is 5.81. The highest BCUT2D eigenvalue weighted by Crippen LogP contribution is 2.22. The Bertz CT molecular complexity index is 1060. The highest BCUT2D eigenvalue weighted by molar-refractivity contribution is 7.89. The van der Waals surface area contributed by atoms with Crippen LogP contribution in [-0.4, -0.2) is 44.7 Å². The van der Waals surface area contributed by atoms with Crippen molar-refractivity contribution in [2.75, 3.05) is 18.9 Å². The SMILES string of the molecule is NC(N)=NOCCCOc1ccc(C[C@H](NS(=O)(=O)c2ccc(Cl)c(N)c2)C(=O)O)cc1. The zero-order valence-corrected chi connectivity index (χ0v) is 18.5. The molecule has 0 heterocycles. The molecular weight excluding hydrogens is 462 g/mol. The second-order valence-electron chi connectivity index (χ2n) is 6.59. The van der Waals surface area contributed by atoms with Crippen LogP contribution in [0.3, 0.4) is 0 Å². The van der Waals surface area contributed by atoms with Crippen LogP contribution >= 0.6 is 11.6 Å². The van der Waals surface area contributed by atoms with E-state index >= 15 is 0 Å². The Kier molecular flexibility index (Phi) is 8.93. The first-order valence-electron chi connectivity index (χ1n) is 9.31. The van der Waals surface area contributed by atoms with Crippen molar-refractivity contribution >= 4 is 39.2 Å². The van der Waals surface area contributed by atoms with Gasteiger partial charge in [0.25, 0.3) is 0 Å². The van der Waals surface area contributed by atoms with Gasteiger partial charge in [-0.25, -0.2) is 8.42 Å². The lowest BCUT2D eigenvalue weighted by Gasteiger charge is -2.16. The number of carbonyl (C=O) groups is 1. The molecule has 0 spiro atoms. The number of benzene rings is 2. The first-order chi connectivity index (χ1) is 15.1. The molecule has 0 bridgehead atoms. The van der Waals surface area contributed by atoms with Gasteiger partial charge >= 0.3 is 5.97 Å². The van der Waals surface area contributed by atoms with Crippen LogP contribution in [-0.2, 0) is 26.1 Å². The first kappa shape index (κ1) is 25.0. The molecule has 0 saturated carbocycles. The number of sulfonamides is 1. The van der Waals surface area contributed by atoms with Gasteiger partial charge in [0.2, 0.25) is 16.0 Å². The number of guanidine groups is 1. The van der Waals surface area contributed by atoms with E-state index in [1.54, 1.807) is 24.3 Å². The lowest BCUT2D eigenvalue weighted by atomic mass is 10.1. The summed E-state index contributed by atoms with van der Waals surface area (Å²) in [6.07, 6.45) is 0.459. The lowest BCUT2D eigenvalue weighted by Crippen LogP contribution is -2.42. The summed E-state index contributed by atoms with van der Waals surface area (Å²) in [6.45, 7) is 0.622. The topological polar surface area (TPSA) is 192 Å². The number of nitrogens with zero attached hydrogens (tertiary/aromatic N) is 1. The molecule has 0 saturated heterocycles. The van der Waals surface area contributed by atoms with Gasteiger partial charge in [0.15, 0.2) is 0 Å². The van der Waals surface area contributed by atoms with Crippen molar-refractivity contribution < 1.29 is 27.9 Å². The van der Waals surface area contributed by atoms with E-state index in [0.29, 0.717) is 24.3 Å². The summed E-state index contributed by atoms with van der Waals surface area (Å²) in [5.74, 6) is -0.933. The van der Waals surface area contributed by atoms with Crippen LogP contribution in [0.1, 0.15) is 12.0 Å². The number of halogens is 1. The van der Waals surface area contributed by atoms with E-state index in [2.05, 4.69) is 9.88 Å². The van der Waals surface area contributed by atoms with Crippen LogP contribution in [0.5, 0.6) is 5.75 Å². The summed E-state index contributed by atoms with van der Waals surface area (Å²) in [4.78, 5) is 16.3. The van der Waals surface area contributed by atoms with E-state index in [1.807, 2.05) is 0 Å². The van der Waals surface area contributed by atoms with E-state index in [4.69, 9.17) is 38.4 Å². The fourth-order valence-electron chi connectivity index (χ4n) is 2.51. The van der Waals surface area contributed by atoms with Crippen molar-refractivity contribution in [1.29, 1.82) is 0 Å². The van der Waals surface area contributed by atoms with E-state index in [-0.39, 0.29) is 34.6 Å². The number of hydrogen-bond donors (Lipinski definition) is 5. The highest BCUT2D eigenvalue weighted by atomic mass is 35.5. The minimum Gasteiger partial charge on any atom is -0.493 e. The Hall–Kier alpha value is -3.22. The zero-order chi connectivity index (χ0) is 23.7. The van der Waals surface area contributed by atoms with Crippen molar-refractivity contribution in [2.45, 2.75) is 23.8 Å². The number of ether oxygens (including phenoxy) is 1. The Morgan fingerprint density at radius 1 is 1.16 bits per heavy atom. The number of aliphatic carboxylic acids is 1. The first-order valence-corrected chi connectivity index (χ1v) is 11.2. The Balaban J connectivity index is 1.95. The Morgan fingerprint density at radius 2 is 1.84 bits per heavy atom. The Morgan fingerprint density at radius 3 is 2.44 bits per heavy atom. The molecule has 0 aliphatic heterocycles. The third-order valence-electron chi connectivity index (χ3n) is 4.06. The van der Waals surface area contributed by atoms with Crippen molar-refractivity contribution in [1.82, 2.24) is 4.72 Å². The van der Waals surface area contributed by atoms with Gasteiger partial charge < -0.3 is 31.9 Å². The van der Waals surface area contributed by atoms with E-state index in [0.717, 1.165) is 6.07 Å². The number of rotatable bonds is 12. The van der Waals surface area contributed by atoms with Crippen molar-refractivity contribution in [3.63, 3.8) is 0 Å².